The molecule has 0 aromatic carbocycles. The summed E-state index contributed by atoms with van der Waals surface area (Å²) in [4.78, 5) is 18.2. The van der Waals surface area contributed by atoms with Gasteiger partial charge in [0.25, 0.3) is 5.91 Å². The van der Waals surface area contributed by atoms with E-state index in [1.807, 2.05) is 0 Å². The van der Waals surface area contributed by atoms with Gasteiger partial charge in [0, 0.05) is 13.1 Å². The van der Waals surface area contributed by atoms with Gasteiger partial charge in [-0.2, -0.15) is 5.10 Å². The van der Waals surface area contributed by atoms with Crippen LogP contribution in [0.3, 0.4) is 0 Å². The van der Waals surface area contributed by atoms with Gasteiger partial charge in [-0.05, 0) is 48.4 Å². The van der Waals surface area contributed by atoms with Gasteiger partial charge in [0.05, 0.1) is 12.1 Å². The Balaban J connectivity index is 1.48. The summed E-state index contributed by atoms with van der Waals surface area (Å²) in [7, 11) is 0. The molecule has 122 valence electrons. The zero-order valence-corrected chi connectivity index (χ0v) is 13.1. The van der Waals surface area contributed by atoms with Crippen LogP contribution in [0.15, 0.2) is 29.2 Å². The highest BCUT2D eigenvalue weighted by molar-refractivity contribution is 6.29. The standard InChI is InChI=1S/C15H17ClN4O3/c16-14-2-1-13(23-14)15(22)19-5-9-3-11(20-8-17-7-18-20)12(21)4-10(9)6-19/h1-2,7-12,21H,3-6H2/t9-,10+,11-,12-/m1/s1. The van der Waals surface area contributed by atoms with Gasteiger partial charge < -0.3 is 14.4 Å². The van der Waals surface area contributed by atoms with Gasteiger partial charge in [0.1, 0.15) is 12.7 Å². The molecule has 1 aliphatic carbocycles. The molecule has 2 fully saturated rings. The lowest BCUT2D eigenvalue weighted by atomic mass is 9.77. The Bertz CT molecular complexity index is 701. The van der Waals surface area contributed by atoms with Crippen LogP contribution in [0.5, 0.6) is 0 Å². The van der Waals surface area contributed by atoms with Crippen molar-refractivity contribution in [3.8, 4) is 0 Å². The molecule has 2 aliphatic rings. The predicted molar refractivity (Wildman–Crippen MR) is 80.9 cm³/mol. The first kappa shape index (κ1) is 14.7. The molecule has 0 radical (unpaired) electrons. The van der Waals surface area contributed by atoms with Gasteiger partial charge in [-0.1, -0.05) is 0 Å². The molecule has 1 aliphatic heterocycles. The van der Waals surface area contributed by atoms with Crippen LogP contribution in [0.1, 0.15) is 29.4 Å². The van der Waals surface area contributed by atoms with Crippen molar-refractivity contribution in [3.05, 3.63) is 35.8 Å². The molecule has 1 N–H and O–H groups in total. The fraction of sp³-hybridized carbons (Fsp3) is 0.533. The zero-order valence-electron chi connectivity index (χ0n) is 12.4. The number of aliphatic hydroxyl groups excluding tert-OH is 1. The summed E-state index contributed by atoms with van der Waals surface area (Å²) in [6.07, 6.45) is 4.10. The van der Waals surface area contributed by atoms with E-state index in [2.05, 4.69) is 10.1 Å². The molecule has 2 aromatic heterocycles. The van der Waals surface area contributed by atoms with Crippen molar-refractivity contribution in [2.75, 3.05) is 13.1 Å². The third-order valence-electron chi connectivity index (χ3n) is 4.96. The van der Waals surface area contributed by atoms with Crippen molar-refractivity contribution >= 4 is 17.5 Å². The number of amides is 1. The van der Waals surface area contributed by atoms with Crippen LogP contribution in [-0.2, 0) is 0 Å². The average molecular weight is 337 g/mol. The molecular weight excluding hydrogens is 320 g/mol. The quantitative estimate of drug-likeness (QED) is 0.900. The van der Waals surface area contributed by atoms with Gasteiger partial charge in [0.2, 0.25) is 0 Å². The fourth-order valence-corrected chi connectivity index (χ4v) is 3.98. The Labute approximate surface area is 137 Å². The van der Waals surface area contributed by atoms with E-state index in [0.717, 1.165) is 6.42 Å². The SMILES string of the molecule is O=C(c1ccc(Cl)o1)N1C[C@H]2C[C@@H](n3cncn3)[C@H](O)C[C@H]2C1. The molecule has 7 nitrogen and oxygen atoms in total. The Kier molecular flexibility index (Phi) is 3.61. The van der Waals surface area contributed by atoms with Gasteiger partial charge in [-0.3, -0.25) is 4.79 Å². The van der Waals surface area contributed by atoms with Crippen LogP contribution in [-0.4, -0.2) is 49.9 Å². The average Bonchev–Trinajstić information content (AvgIpc) is 3.25. The number of aliphatic hydroxyl groups is 1. The van der Waals surface area contributed by atoms with E-state index in [1.165, 1.54) is 6.33 Å². The monoisotopic (exact) mass is 336 g/mol. The maximum atomic E-state index is 12.5. The van der Waals surface area contributed by atoms with Crippen LogP contribution in [0.2, 0.25) is 5.22 Å². The van der Waals surface area contributed by atoms with E-state index < -0.39 is 6.10 Å². The van der Waals surface area contributed by atoms with Crippen LogP contribution >= 0.6 is 11.6 Å². The minimum Gasteiger partial charge on any atom is -0.440 e. The molecule has 0 unspecified atom stereocenters. The second kappa shape index (κ2) is 5.65. The maximum absolute atomic E-state index is 12.5. The van der Waals surface area contributed by atoms with Crippen LogP contribution in [0.25, 0.3) is 0 Å². The Morgan fingerprint density at radius 3 is 2.74 bits per heavy atom. The predicted octanol–water partition coefficient (Wildman–Crippen LogP) is 1.61. The van der Waals surface area contributed by atoms with Crippen LogP contribution in [0.4, 0.5) is 0 Å². The number of likely N-dealkylation sites (tertiary alicyclic amines) is 1. The van der Waals surface area contributed by atoms with Gasteiger partial charge in [-0.25, -0.2) is 9.67 Å². The molecule has 2 aromatic rings. The summed E-state index contributed by atoms with van der Waals surface area (Å²) < 4.78 is 6.93. The molecule has 3 heterocycles. The van der Waals surface area contributed by atoms with Crippen LogP contribution < -0.4 is 0 Å². The van der Waals surface area contributed by atoms with E-state index in [9.17, 15) is 9.90 Å². The molecule has 0 spiro atoms. The van der Waals surface area contributed by atoms with Crippen molar-refractivity contribution < 1.29 is 14.3 Å². The molecule has 4 rings (SSSR count). The summed E-state index contributed by atoms with van der Waals surface area (Å²) in [5, 5.41) is 14.8. The van der Waals surface area contributed by atoms with Crippen molar-refractivity contribution in [2.24, 2.45) is 11.8 Å². The molecule has 1 saturated carbocycles. The second-order valence-electron chi connectivity index (χ2n) is 6.32. The van der Waals surface area contributed by atoms with E-state index in [1.54, 1.807) is 28.0 Å². The molecule has 1 saturated heterocycles. The fourth-order valence-electron chi connectivity index (χ4n) is 3.83. The van der Waals surface area contributed by atoms with E-state index in [4.69, 9.17) is 16.0 Å². The topological polar surface area (TPSA) is 84.4 Å². The first-order valence-electron chi connectivity index (χ1n) is 7.68. The maximum Gasteiger partial charge on any atom is 0.289 e. The molecule has 4 atom stereocenters. The number of aromatic nitrogens is 3. The lowest BCUT2D eigenvalue weighted by Crippen LogP contribution is -2.36. The largest absolute Gasteiger partial charge is 0.440 e. The van der Waals surface area contributed by atoms with Gasteiger partial charge in [-0.15, -0.1) is 0 Å². The lowest BCUT2D eigenvalue weighted by Gasteiger charge is -2.34. The zero-order chi connectivity index (χ0) is 16.0. The smallest absolute Gasteiger partial charge is 0.289 e. The number of carbonyl (C=O) groups excluding carboxylic acids is 1. The molecular formula is C15H17ClN4O3. The molecule has 23 heavy (non-hydrogen) atoms. The Morgan fingerprint density at radius 1 is 1.30 bits per heavy atom. The number of hydrogen-bond donors (Lipinski definition) is 1. The first-order chi connectivity index (χ1) is 11.1. The number of furan rings is 1. The highest BCUT2D eigenvalue weighted by Crippen LogP contribution is 2.41. The second-order valence-corrected chi connectivity index (χ2v) is 6.69. The number of carbonyl (C=O) groups is 1. The van der Waals surface area contributed by atoms with Gasteiger partial charge in [0.15, 0.2) is 11.0 Å². The molecule has 0 bridgehead atoms. The Hall–Kier alpha value is -1.86. The Morgan fingerprint density at radius 2 is 2.09 bits per heavy atom. The number of rotatable bonds is 2. The summed E-state index contributed by atoms with van der Waals surface area (Å²) >= 11 is 5.74. The minimum absolute atomic E-state index is 0.0770. The highest BCUT2D eigenvalue weighted by Gasteiger charge is 2.44. The normalized spacial score (nSPS) is 30.4. The number of nitrogens with zero attached hydrogens (tertiary/aromatic N) is 4. The van der Waals surface area contributed by atoms with Gasteiger partial charge >= 0.3 is 0 Å². The number of halogens is 1. The van der Waals surface area contributed by atoms with Crippen molar-refractivity contribution in [1.29, 1.82) is 0 Å². The molecule has 1 amide bonds. The first-order valence-corrected chi connectivity index (χ1v) is 8.06. The minimum atomic E-state index is -0.467. The lowest BCUT2D eigenvalue weighted by molar-refractivity contribution is 0.0304. The third kappa shape index (κ3) is 2.64. The van der Waals surface area contributed by atoms with Crippen LogP contribution in [0, 0.1) is 11.8 Å². The van der Waals surface area contributed by atoms with Crippen molar-refractivity contribution in [3.63, 3.8) is 0 Å². The van der Waals surface area contributed by atoms with Crippen molar-refractivity contribution in [1.82, 2.24) is 19.7 Å². The summed E-state index contributed by atoms with van der Waals surface area (Å²) in [5.41, 5.74) is 0. The number of fused-ring (bicyclic) bond motifs is 1. The highest BCUT2D eigenvalue weighted by atomic mass is 35.5. The van der Waals surface area contributed by atoms with E-state index in [0.29, 0.717) is 31.3 Å². The molecule has 8 heteroatoms. The summed E-state index contributed by atoms with van der Waals surface area (Å²) in [6, 6.07) is 3.09. The van der Waals surface area contributed by atoms with E-state index >= 15 is 0 Å². The van der Waals surface area contributed by atoms with E-state index in [-0.39, 0.29) is 22.9 Å². The number of hydrogen-bond acceptors (Lipinski definition) is 5. The van der Waals surface area contributed by atoms with Crippen molar-refractivity contribution in [2.45, 2.75) is 25.0 Å². The summed E-state index contributed by atoms with van der Waals surface area (Å²) in [6.45, 7) is 1.31. The third-order valence-corrected chi connectivity index (χ3v) is 5.16. The summed E-state index contributed by atoms with van der Waals surface area (Å²) in [5.74, 6) is 0.779.